The molecule has 3 aliphatic rings. The lowest BCUT2D eigenvalue weighted by Crippen LogP contribution is -2.62. The molecule has 3 rings (SSSR count). The summed E-state index contributed by atoms with van der Waals surface area (Å²) in [4.78, 5) is 2.79. The van der Waals surface area contributed by atoms with Crippen molar-refractivity contribution >= 4 is 0 Å². The van der Waals surface area contributed by atoms with E-state index in [2.05, 4.69) is 44.8 Å². The number of rotatable bonds is 2. The SMILES string of the molecule is CC1CNC2(CCCC2)CN1CC1C(C)(C)C1(C)C. The topological polar surface area (TPSA) is 15.3 Å². The zero-order valence-corrected chi connectivity index (χ0v) is 13.6. The van der Waals surface area contributed by atoms with E-state index < -0.39 is 0 Å². The van der Waals surface area contributed by atoms with Crippen LogP contribution in [0.15, 0.2) is 0 Å². The van der Waals surface area contributed by atoms with Gasteiger partial charge in [0.1, 0.15) is 0 Å². The monoisotopic (exact) mass is 264 g/mol. The van der Waals surface area contributed by atoms with Gasteiger partial charge in [-0.2, -0.15) is 0 Å². The molecular weight excluding hydrogens is 232 g/mol. The van der Waals surface area contributed by atoms with Gasteiger partial charge in [0.05, 0.1) is 0 Å². The summed E-state index contributed by atoms with van der Waals surface area (Å²) in [5.41, 5.74) is 1.52. The first-order chi connectivity index (χ1) is 8.79. The standard InChI is InChI=1S/C17H32N2/c1-13-10-18-17(8-6-7-9-17)12-19(13)11-14-15(2,3)16(14,4)5/h13-14,18H,6-12H2,1-5H3. The van der Waals surface area contributed by atoms with Crippen LogP contribution < -0.4 is 5.32 Å². The van der Waals surface area contributed by atoms with Crippen LogP contribution in [-0.4, -0.2) is 36.1 Å². The molecular formula is C17H32N2. The van der Waals surface area contributed by atoms with Gasteiger partial charge < -0.3 is 5.32 Å². The van der Waals surface area contributed by atoms with Crippen LogP contribution in [-0.2, 0) is 0 Å². The van der Waals surface area contributed by atoms with E-state index in [9.17, 15) is 0 Å². The first kappa shape index (κ1) is 13.9. The van der Waals surface area contributed by atoms with Gasteiger partial charge in [-0.3, -0.25) is 4.90 Å². The van der Waals surface area contributed by atoms with E-state index in [0.717, 1.165) is 5.92 Å². The van der Waals surface area contributed by atoms with Crippen molar-refractivity contribution in [1.82, 2.24) is 10.2 Å². The molecule has 3 fully saturated rings. The minimum atomic E-state index is 0.468. The van der Waals surface area contributed by atoms with Crippen LogP contribution in [0.3, 0.4) is 0 Å². The molecule has 2 heteroatoms. The van der Waals surface area contributed by atoms with Gasteiger partial charge in [-0.05, 0) is 36.5 Å². The predicted molar refractivity (Wildman–Crippen MR) is 81.3 cm³/mol. The zero-order valence-electron chi connectivity index (χ0n) is 13.6. The molecule has 1 saturated heterocycles. The van der Waals surface area contributed by atoms with Crippen molar-refractivity contribution in [2.75, 3.05) is 19.6 Å². The lowest BCUT2D eigenvalue weighted by molar-refractivity contribution is 0.0798. The summed E-state index contributed by atoms with van der Waals surface area (Å²) in [7, 11) is 0. The van der Waals surface area contributed by atoms with Crippen LogP contribution in [0, 0.1) is 16.7 Å². The summed E-state index contributed by atoms with van der Waals surface area (Å²) in [6, 6.07) is 0.707. The average Bonchev–Trinajstić information content (AvgIpc) is 2.73. The molecule has 1 atom stereocenters. The van der Waals surface area contributed by atoms with Crippen LogP contribution in [0.4, 0.5) is 0 Å². The van der Waals surface area contributed by atoms with E-state index >= 15 is 0 Å². The molecule has 19 heavy (non-hydrogen) atoms. The molecule has 2 saturated carbocycles. The van der Waals surface area contributed by atoms with Crippen LogP contribution in [0.2, 0.25) is 0 Å². The van der Waals surface area contributed by atoms with Crippen LogP contribution in [0.1, 0.15) is 60.3 Å². The number of nitrogens with zero attached hydrogens (tertiary/aromatic N) is 1. The molecule has 0 bridgehead atoms. The Morgan fingerprint density at radius 2 is 1.63 bits per heavy atom. The molecule has 1 aliphatic heterocycles. The molecule has 0 aromatic carbocycles. The van der Waals surface area contributed by atoms with Crippen molar-refractivity contribution in [2.24, 2.45) is 16.7 Å². The zero-order chi connectivity index (χ0) is 13.9. The fourth-order valence-electron chi connectivity index (χ4n) is 4.75. The molecule has 2 nitrogen and oxygen atoms in total. The maximum absolute atomic E-state index is 3.87. The summed E-state index contributed by atoms with van der Waals surface area (Å²) in [6.45, 7) is 16.0. The van der Waals surface area contributed by atoms with Gasteiger partial charge in [-0.1, -0.05) is 40.5 Å². The van der Waals surface area contributed by atoms with Crippen LogP contribution in [0.25, 0.3) is 0 Å². The molecule has 0 aromatic heterocycles. The van der Waals surface area contributed by atoms with Gasteiger partial charge in [-0.25, -0.2) is 0 Å². The van der Waals surface area contributed by atoms with Crippen molar-refractivity contribution in [3.63, 3.8) is 0 Å². The molecule has 0 aromatic rings. The Morgan fingerprint density at radius 1 is 1.05 bits per heavy atom. The highest BCUT2D eigenvalue weighted by Gasteiger charge is 2.64. The fourth-order valence-corrected chi connectivity index (χ4v) is 4.75. The molecule has 1 spiro atoms. The largest absolute Gasteiger partial charge is 0.308 e. The van der Waals surface area contributed by atoms with Crippen LogP contribution >= 0.6 is 0 Å². The quantitative estimate of drug-likeness (QED) is 0.823. The van der Waals surface area contributed by atoms with Gasteiger partial charge in [0, 0.05) is 31.2 Å². The van der Waals surface area contributed by atoms with Gasteiger partial charge in [0.25, 0.3) is 0 Å². The summed E-state index contributed by atoms with van der Waals surface area (Å²) < 4.78 is 0. The number of hydrogen-bond donors (Lipinski definition) is 1. The van der Waals surface area contributed by atoms with Crippen molar-refractivity contribution < 1.29 is 0 Å². The van der Waals surface area contributed by atoms with E-state index in [1.165, 1.54) is 45.3 Å². The second-order valence-corrected chi connectivity index (χ2v) is 8.64. The summed E-state index contributed by atoms with van der Waals surface area (Å²) >= 11 is 0. The van der Waals surface area contributed by atoms with Gasteiger partial charge in [0.15, 0.2) is 0 Å². The van der Waals surface area contributed by atoms with Crippen molar-refractivity contribution in [3.05, 3.63) is 0 Å². The maximum Gasteiger partial charge on any atom is 0.0309 e. The lowest BCUT2D eigenvalue weighted by Gasteiger charge is -2.45. The Bertz CT molecular complexity index is 338. The number of hydrogen-bond acceptors (Lipinski definition) is 2. The highest BCUT2D eigenvalue weighted by Crippen LogP contribution is 2.68. The first-order valence-electron chi connectivity index (χ1n) is 8.28. The highest BCUT2D eigenvalue weighted by atomic mass is 15.3. The Hall–Kier alpha value is -0.0800. The lowest BCUT2D eigenvalue weighted by atomic mass is 9.92. The first-order valence-corrected chi connectivity index (χ1v) is 8.28. The molecule has 2 aliphatic carbocycles. The van der Waals surface area contributed by atoms with Gasteiger partial charge in [-0.15, -0.1) is 0 Å². The van der Waals surface area contributed by atoms with E-state index in [0.29, 0.717) is 22.4 Å². The second-order valence-electron chi connectivity index (χ2n) is 8.64. The maximum atomic E-state index is 3.87. The molecule has 0 amide bonds. The van der Waals surface area contributed by atoms with E-state index in [-0.39, 0.29) is 0 Å². The summed E-state index contributed by atoms with van der Waals surface area (Å²) in [6.07, 6.45) is 5.65. The van der Waals surface area contributed by atoms with E-state index in [4.69, 9.17) is 0 Å². The normalized spacial score (nSPS) is 36.8. The molecule has 1 N–H and O–H groups in total. The van der Waals surface area contributed by atoms with Crippen molar-refractivity contribution in [3.8, 4) is 0 Å². The smallest absolute Gasteiger partial charge is 0.0309 e. The minimum absolute atomic E-state index is 0.468. The number of piperazine rings is 1. The Kier molecular flexibility index (Phi) is 3.07. The Labute approximate surface area is 119 Å². The molecule has 1 unspecified atom stereocenters. The molecule has 0 radical (unpaired) electrons. The highest BCUT2D eigenvalue weighted by molar-refractivity contribution is 5.14. The minimum Gasteiger partial charge on any atom is -0.308 e. The van der Waals surface area contributed by atoms with Crippen molar-refractivity contribution in [2.45, 2.75) is 71.9 Å². The number of nitrogens with one attached hydrogen (secondary N) is 1. The second kappa shape index (κ2) is 4.21. The third-order valence-corrected chi connectivity index (χ3v) is 7.20. The predicted octanol–water partition coefficient (Wildman–Crippen LogP) is 3.28. The third kappa shape index (κ3) is 2.06. The fraction of sp³-hybridized carbons (Fsp3) is 1.00. The van der Waals surface area contributed by atoms with Gasteiger partial charge in [0.2, 0.25) is 0 Å². The summed E-state index contributed by atoms with van der Waals surface area (Å²) in [5, 5.41) is 3.87. The van der Waals surface area contributed by atoms with E-state index in [1.807, 2.05) is 0 Å². The van der Waals surface area contributed by atoms with Crippen molar-refractivity contribution in [1.29, 1.82) is 0 Å². The summed E-state index contributed by atoms with van der Waals surface area (Å²) in [5.74, 6) is 0.874. The van der Waals surface area contributed by atoms with Crippen LogP contribution in [0.5, 0.6) is 0 Å². The van der Waals surface area contributed by atoms with E-state index in [1.54, 1.807) is 0 Å². The third-order valence-electron chi connectivity index (χ3n) is 7.20. The van der Waals surface area contributed by atoms with Gasteiger partial charge >= 0.3 is 0 Å². The Balaban J connectivity index is 1.67. The molecule has 1 heterocycles. The Morgan fingerprint density at radius 3 is 2.16 bits per heavy atom. The molecule has 110 valence electrons. The average molecular weight is 264 g/mol.